The maximum absolute atomic E-state index is 6.50. The number of hydrogen-bond donors (Lipinski definition) is 0. The van der Waals surface area contributed by atoms with Gasteiger partial charge in [0.2, 0.25) is 0 Å². The minimum atomic E-state index is 0.896. The molecule has 2 aromatic heterocycles. The smallest absolute Gasteiger partial charge is 0.136 e. The fourth-order valence-corrected chi connectivity index (χ4v) is 8.51. The Morgan fingerprint density at radius 1 is 0.388 bits per heavy atom. The van der Waals surface area contributed by atoms with Crippen LogP contribution in [-0.2, 0) is 0 Å². The Morgan fingerprint density at radius 2 is 0.918 bits per heavy atom. The maximum Gasteiger partial charge on any atom is 0.136 e. The van der Waals surface area contributed by atoms with Crippen LogP contribution in [0.4, 0.5) is 17.1 Å². The van der Waals surface area contributed by atoms with Gasteiger partial charge in [0, 0.05) is 48.0 Å². The lowest BCUT2D eigenvalue weighted by molar-refractivity contribution is 0.669. The Hall–Kier alpha value is -6.16. The highest BCUT2D eigenvalue weighted by Gasteiger charge is 2.19. The molecular weight excluding hydrogens is 615 g/mol. The summed E-state index contributed by atoms with van der Waals surface area (Å²) in [6.45, 7) is 0. The van der Waals surface area contributed by atoms with Gasteiger partial charge in [-0.25, -0.2) is 0 Å². The summed E-state index contributed by atoms with van der Waals surface area (Å²) >= 11 is 1.86. The predicted molar refractivity (Wildman–Crippen MR) is 210 cm³/mol. The Kier molecular flexibility index (Phi) is 6.39. The van der Waals surface area contributed by atoms with E-state index >= 15 is 0 Å². The fourth-order valence-electron chi connectivity index (χ4n) is 7.22. The van der Waals surface area contributed by atoms with E-state index in [0.717, 1.165) is 33.6 Å². The van der Waals surface area contributed by atoms with E-state index < -0.39 is 0 Å². The van der Waals surface area contributed by atoms with Gasteiger partial charge in [0.05, 0.1) is 0 Å². The van der Waals surface area contributed by atoms with Gasteiger partial charge in [-0.3, -0.25) is 0 Å². The average Bonchev–Trinajstić information content (AvgIpc) is 3.73. The summed E-state index contributed by atoms with van der Waals surface area (Å²) in [6, 6.07) is 63.1. The molecule has 8 aromatic carbocycles. The van der Waals surface area contributed by atoms with Crippen molar-refractivity contribution in [3.05, 3.63) is 176 Å². The normalized spacial score (nSPS) is 11.7. The van der Waals surface area contributed by atoms with Crippen molar-refractivity contribution in [3.8, 4) is 22.3 Å². The van der Waals surface area contributed by atoms with E-state index in [0.29, 0.717) is 0 Å². The number of fused-ring (bicyclic) bond motifs is 8. The van der Waals surface area contributed by atoms with E-state index in [9.17, 15) is 0 Å². The first-order chi connectivity index (χ1) is 24.3. The van der Waals surface area contributed by atoms with E-state index in [1.54, 1.807) is 0 Å². The highest BCUT2D eigenvalue weighted by molar-refractivity contribution is 7.26. The second kappa shape index (κ2) is 11.2. The molecule has 0 amide bonds. The summed E-state index contributed by atoms with van der Waals surface area (Å²) in [4.78, 5) is 2.35. The molecule has 0 unspecified atom stereocenters. The fraction of sp³-hybridized carbons (Fsp3) is 0. The minimum absolute atomic E-state index is 0.896. The van der Waals surface area contributed by atoms with Crippen LogP contribution in [0.5, 0.6) is 0 Å². The molecule has 3 heteroatoms. The molecule has 0 bridgehead atoms. The van der Waals surface area contributed by atoms with Gasteiger partial charge in [-0.15, -0.1) is 11.3 Å². The van der Waals surface area contributed by atoms with Crippen molar-refractivity contribution in [3.63, 3.8) is 0 Å². The molecule has 49 heavy (non-hydrogen) atoms. The zero-order chi connectivity index (χ0) is 32.3. The molecule has 0 saturated carbocycles. The molecule has 0 fully saturated rings. The van der Waals surface area contributed by atoms with Crippen LogP contribution < -0.4 is 4.90 Å². The van der Waals surface area contributed by atoms with Crippen LogP contribution in [0.1, 0.15) is 0 Å². The van der Waals surface area contributed by atoms with Crippen molar-refractivity contribution >= 4 is 81.3 Å². The zero-order valence-electron chi connectivity index (χ0n) is 26.5. The summed E-state index contributed by atoms with van der Waals surface area (Å²) in [5, 5.41) is 7.41. The highest BCUT2D eigenvalue weighted by Crippen LogP contribution is 2.45. The molecule has 2 heterocycles. The van der Waals surface area contributed by atoms with E-state index in [2.05, 4.69) is 181 Å². The monoisotopic (exact) mass is 643 g/mol. The topological polar surface area (TPSA) is 16.4 Å². The van der Waals surface area contributed by atoms with Crippen molar-refractivity contribution in [2.24, 2.45) is 0 Å². The molecule has 0 aliphatic rings. The van der Waals surface area contributed by atoms with Crippen LogP contribution >= 0.6 is 11.3 Å². The molecule has 0 N–H and O–H groups in total. The van der Waals surface area contributed by atoms with Crippen LogP contribution in [0.2, 0.25) is 0 Å². The lowest BCUT2D eigenvalue weighted by atomic mass is 10.0. The van der Waals surface area contributed by atoms with Gasteiger partial charge in [-0.05, 0) is 99.8 Å². The molecule has 0 aliphatic carbocycles. The first-order valence-electron chi connectivity index (χ1n) is 16.6. The molecule has 230 valence electrons. The number of thiophene rings is 1. The molecule has 0 atom stereocenters. The zero-order valence-corrected chi connectivity index (χ0v) is 27.3. The van der Waals surface area contributed by atoms with E-state index in [-0.39, 0.29) is 0 Å². The summed E-state index contributed by atoms with van der Waals surface area (Å²) in [7, 11) is 0. The summed E-state index contributed by atoms with van der Waals surface area (Å²) < 4.78 is 9.06. The van der Waals surface area contributed by atoms with Crippen molar-refractivity contribution in [1.29, 1.82) is 0 Å². The van der Waals surface area contributed by atoms with Crippen molar-refractivity contribution in [2.45, 2.75) is 0 Å². The quantitative estimate of drug-likeness (QED) is 0.186. The van der Waals surface area contributed by atoms with Gasteiger partial charge in [0.1, 0.15) is 11.2 Å². The SMILES string of the molecule is c1ccc(-c2ccc(N(c3ccc(-c4ccccc4)cc3)c3ccc4oc5ccc6c7cc8ccccc8cc7sc6c5c4c3)cc2)cc1. The predicted octanol–water partition coefficient (Wildman–Crippen LogP) is 13.9. The number of furan rings is 1. The molecular formula is C46H29NOS. The first-order valence-corrected chi connectivity index (χ1v) is 17.4. The number of benzene rings is 8. The van der Waals surface area contributed by atoms with E-state index in [4.69, 9.17) is 4.42 Å². The average molecular weight is 644 g/mol. The molecule has 2 nitrogen and oxygen atoms in total. The van der Waals surface area contributed by atoms with Gasteiger partial charge in [-0.1, -0.05) is 109 Å². The van der Waals surface area contributed by atoms with Gasteiger partial charge in [0.25, 0.3) is 0 Å². The molecule has 0 radical (unpaired) electrons. The second-order valence-corrected chi connectivity index (χ2v) is 13.6. The third kappa shape index (κ3) is 4.70. The molecule has 0 aliphatic heterocycles. The largest absolute Gasteiger partial charge is 0.456 e. The van der Waals surface area contributed by atoms with Crippen LogP contribution in [0.3, 0.4) is 0 Å². The van der Waals surface area contributed by atoms with Crippen LogP contribution in [-0.4, -0.2) is 0 Å². The Morgan fingerprint density at radius 3 is 1.55 bits per heavy atom. The van der Waals surface area contributed by atoms with Crippen LogP contribution in [0.15, 0.2) is 180 Å². The molecule has 0 saturated heterocycles. The Labute approximate surface area is 287 Å². The molecule has 10 rings (SSSR count). The van der Waals surface area contributed by atoms with Crippen molar-refractivity contribution in [1.82, 2.24) is 0 Å². The number of nitrogens with zero attached hydrogens (tertiary/aromatic N) is 1. The molecule has 10 aromatic rings. The lowest BCUT2D eigenvalue weighted by Gasteiger charge is -2.26. The van der Waals surface area contributed by atoms with Crippen molar-refractivity contribution in [2.75, 3.05) is 4.90 Å². The van der Waals surface area contributed by atoms with Crippen molar-refractivity contribution < 1.29 is 4.42 Å². The summed E-state index contributed by atoms with van der Waals surface area (Å²) in [6.07, 6.45) is 0. The summed E-state index contributed by atoms with van der Waals surface area (Å²) in [5.74, 6) is 0. The minimum Gasteiger partial charge on any atom is -0.456 e. The molecule has 0 spiro atoms. The van der Waals surface area contributed by atoms with Gasteiger partial charge < -0.3 is 9.32 Å². The lowest BCUT2D eigenvalue weighted by Crippen LogP contribution is -2.09. The van der Waals surface area contributed by atoms with Gasteiger partial charge in [0.15, 0.2) is 0 Å². The highest BCUT2D eigenvalue weighted by atomic mass is 32.1. The summed E-state index contributed by atoms with van der Waals surface area (Å²) in [5.41, 5.74) is 9.89. The number of rotatable bonds is 5. The number of anilines is 3. The van der Waals surface area contributed by atoms with Gasteiger partial charge >= 0.3 is 0 Å². The standard InChI is InChI=1S/C46H29NOS/c1-3-9-30(10-4-1)32-15-19-36(20-16-32)47(37-21-17-33(18-22-37)31-11-5-2-6-12-31)38-23-25-42-41(29-38)45-43(48-42)26-24-39-40-27-34-13-7-8-14-35(34)28-44(40)49-46(39)45/h1-29H. The maximum atomic E-state index is 6.50. The third-order valence-electron chi connectivity index (χ3n) is 9.65. The van der Waals surface area contributed by atoms with E-state index in [1.165, 1.54) is 58.6 Å². The van der Waals surface area contributed by atoms with Crippen LogP contribution in [0.25, 0.3) is 75.1 Å². The second-order valence-electron chi connectivity index (χ2n) is 12.6. The Bertz CT molecular complexity index is 2710. The number of hydrogen-bond acceptors (Lipinski definition) is 3. The Balaban J connectivity index is 1.16. The van der Waals surface area contributed by atoms with E-state index in [1.807, 2.05) is 11.3 Å². The third-order valence-corrected chi connectivity index (χ3v) is 10.8. The first kappa shape index (κ1) is 27.9. The van der Waals surface area contributed by atoms with Gasteiger partial charge in [-0.2, -0.15) is 0 Å². The van der Waals surface area contributed by atoms with Crippen LogP contribution in [0, 0.1) is 0 Å².